The van der Waals surface area contributed by atoms with Crippen molar-refractivity contribution >= 4 is 0 Å². The van der Waals surface area contributed by atoms with Crippen molar-refractivity contribution in [2.75, 3.05) is 13.1 Å². The highest BCUT2D eigenvalue weighted by molar-refractivity contribution is 5.22. The molecule has 4 aliphatic rings. The number of nitrogens with zero attached hydrogens (tertiary/aromatic N) is 1. The topological polar surface area (TPSA) is 3.24 Å². The Labute approximate surface area is 74.1 Å². The van der Waals surface area contributed by atoms with E-state index >= 15 is 0 Å². The molecule has 0 amide bonds. The average molecular weight is 163 g/mol. The third-order valence-corrected chi connectivity index (χ3v) is 5.43. The fraction of sp³-hybridized carbons (Fsp3) is 1.00. The van der Waals surface area contributed by atoms with Gasteiger partial charge in [-0.2, -0.15) is 0 Å². The lowest BCUT2D eigenvalue weighted by atomic mass is 9.71. The van der Waals surface area contributed by atoms with Gasteiger partial charge in [0.25, 0.3) is 0 Å². The van der Waals surface area contributed by atoms with Gasteiger partial charge in [-0.1, -0.05) is 0 Å². The molecular formula is C11H17N. The molecule has 0 aromatic heterocycles. The molecule has 12 heavy (non-hydrogen) atoms. The Bertz CT molecular complexity index is 207. The lowest BCUT2D eigenvalue weighted by molar-refractivity contribution is -0.0583. The zero-order valence-electron chi connectivity index (χ0n) is 7.63. The van der Waals surface area contributed by atoms with Crippen LogP contribution in [-0.2, 0) is 0 Å². The summed E-state index contributed by atoms with van der Waals surface area (Å²) in [5.41, 5.74) is 0.806. The van der Waals surface area contributed by atoms with Crippen molar-refractivity contribution in [1.82, 2.24) is 4.90 Å². The van der Waals surface area contributed by atoms with Gasteiger partial charge in [0.05, 0.1) is 0 Å². The summed E-state index contributed by atoms with van der Waals surface area (Å²) in [6, 6.07) is 0. The third kappa shape index (κ3) is 0.433. The first kappa shape index (κ1) is 6.42. The molecule has 2 heterocycles. The van der Waals surface area contributed by atoms with E-state index < -0.39 is 0 Å². The Morgan fingerprint density at radius 3 is 2.33 bits per heavy atom. The van der Waals surface area contributed by atoms with Gasteiger partial charge in [0.2, 0.25) is 0 Å². The van der Waals surface area contributed by atoms with Crippen LogP contribution in [0.25, 0.3) is 0 Å². The molecule has 66 valence electrons. The molecule has 4 fully saturated rings. The minimum Gasteiger partial charge on any atom is -0.296 e. The van der Waals surface area contributed by atoms with Crippen molar-refractivity contribution in [3.05, 3.63) is 0 Å². The summed E-state index contributed by atoms with van der Waals surface area (Å²) in [7, 11) is 0. The molecule has 2 saturated carbocycles. The number of hydrogen-bond donors (Lipinski definition) is 0. The predicted molar refractivity (Wildman–Crippen MR) is 47.9 cm³/mol. The summed E-state index contributed by atoms with van der Waals surface area (Å²) in [4.78, 5) is 2.84. The molecule has 2 aliphatic carbocycles. The summed E-state index contributed by atoms with van der Waals surface area (Å²) >= 11 is 0. The van der Waals surface area contributed by atoms with Crippen molar-refractivity contribution in [3.8, 4) is 0 Å². The van der Waals surface area contributed by atoms with E-state index in [1.165, 1.54) is 19.5 Å². The van der Waals surface area contributed by atoms with Crippen molar-refractivity contribution < 1.29 is 0 Å². The smallest absolute Gasteiger partial charge is 0.0306 e. The minimum absolute atomic E-state index is 0.806. The van der Waals surface area contributed by atoms with Crippen molar-refractivity contribution in [2.24, 2.45) is 17.8 Å². The number of hydrogen-bond acceptors (Lipinski definition) is 1. The summed E-state index contributed by atoms with van der Waals surface area (Å²) in [5, 5.41) is 0. The first-order valence-corrected chi connectivity index (χ1v) is 5.67. The monoisotopic (exact) mass is 163 g/mol. The maximum absolute atomic E-state index is 2.84. The molecule has 1 spiro atoms. The van der Waals surface area contributed by atoms with E-state index in [2.05, 4.69) is 4.90 Å². The third-order valence-electron chi connectivity index (χ3n) is 5.43. The first-order valence-electron chi connectivity index (χ1n) is 5.67. The highest BCUT2D eigenvalue weighted by atomic mass is 15.3. The van der Waals surface area contributed by atoms with Gasteiger partial charge in [0, 0.05) is 12.1 Å². The fourth-order valence-electron chi connectivity index (χ4n) is 5.17. The van der Waals surface area contributed by atoms with Crippen LogP contribution >= 0.6 is 0 Å². The zero-order chi connectivity index (χ0) is 7.76. The molecule has 0 aromatic rings. The maximum Gasteiger partial charge on any atom is 0.0306 e. The van der Waals surface area contributed by atoms with Crippen LogP contribution in [0, 0.1) is 17.8 Å². The molecule has 4 atom stereocenters. The standard InChI is InChI=1S/C11H17N/c1-2-9-5-6-12-7-10-4-3-8(1)11(9,10)12/h8-10H,1-7H2/t8-,9-,10+,11-/m1/s1. The quantitative estimate of drug-likeness (QED) is 0.527. The first-order chi connectivity index (χ1) is 5.92. The zero-order valence-corrected chi connectivity index (χ0v) is 7.63. The molecule has 2 aliphatic heterocycles. The average Bonchev–Trinajstić information content (AvgIpc) is 2.60. The Morgan fingerprint density at radius 2 is 1.50 bits per heavy atom. The largest absolute Gasteiger partial charge is 0.296 e. The van der Waals surface area contributed by atoms with Gasteiger partial charge in [-0.05, 0) is 56.4 Å². The second kappa shape index (κ2) is 1.75. The van der Waals surface area contributed by atoms with Crippen LogP contribution in [0.3, 0.4) is 0 Å². The van der Waals surface area contributed by atoms with Crippen LogP contribution in [0.15, 0.2) is 0 Å². The summed E-state index contributed by atoms with van der Waals surface area (Å²) in [6.07, 6.45) is 7.80. The SMILES string of the molecule is C1C[C@@H]2CCN3C[C@@H]4CC[C@@H]1[C@@]243. The van der Waals surface area contributed by atoms with Gasteiger partial charge in [-0.3, -0.25) is 4.90 Å². The van der Waals surface area contributed by atoms with Gasteiger partial charge in [0.1, 0.15) is 0 Å². The molecule has 4 rings (SSSR count). The predicted octanol–water partition coefficient (Wildman–Crippen LogP) is 1.88. The molecule has 1 heteroatoms. The normalized spacial score (nSPS) is 61.5. The van der Waals surface area contributed by atoms with Crippen LogP contribution in [0.1, 0.15) is 32.1 Å². The number of rotatable bonds is 0. The van der Waals surface area contributed by atoms with E-state index in [0.717, 1.165) is 23.3 Å². The van der Waals surface area contributed by atoms with Gasteiger partial charge in [-0.15, -0.1) is 0 Å². The molecular weight excluding hydrogens is 146 g/mol. The summed E-state index contributed by atoms with van der Waals surface area (Å²) < 4.78 is 0. The van der Waals surface area contributed by atoms with Crippen LogP contribution in [0.5, 0.6) is 0 Å². The molecule has 0 radical (unpaired) electrons. The van der Waals surface area contributed by atoms with E-state index in [1.807, 2.05) is 0 Å². The van der Waals surface area contributed by atoms with E-state index in [1.54, 1.807) is 25.7 Å². The van der Waals surface area contributed by atoms with Crippen LogP contribution in [0.4, 0.5) is 0 Å². The molecule has 1 nitrogen and oxygen atoms in total. The summed E-state index contributed by atoms with van der Waals surface area (Å²) in [6.45, 7) is 2.91. The minimum atomic E-state index is 0.806. The molecule has 0 unspecified atom stereocenters. The maximum atomic E-state index is 2.84. The lowest BCUT2D eigenvalue weighted by Crippen LogP contribution is -2.64. The molecule has 2 saturated heterocycles. The van der Waals surface area contributed by atoms with Gasteiger partial charge >= 0.3 is 0 Å². The van der Waals surface area contributed by atoms with Gasteiger partial charge in [0.15, 0.2) is 0 Å². The highest BCUT2D eigenvalue weighted by Crippen LogP contribution is 2.66. The molecule has 0 aromatic carbocycles. The van der Waals surface area contributed by atoms with Crippen LogP contribution in [0.2, 0.25) is 0 Å². The summed E-state index contributed by atoms with van der Waals surface area (Å²) in [5.74, 6) is 3.39. The van der Waals surface area contributed by atoms with Gasteiger partial charge < -0.3 is 0 Å². The van der Waals surface area contributed by atoms with Gasteiger partial charge in [-0.25, -0.2) is 0 Å². The van der Waals surface area contributed by atoms with Crippen LogP contribution < -0.4 is 0 Å². The fourth-order valence-corrected chi connectivity index (χ4v) is 5.17. The van der Waals surface area contributed by atoms with E-state index in [4.69, 9.17) is 0 Å². The Balaban J connectivity index is 1.87. The van der Waals surface area contributed by atoms with Crippen LogP contribution in [-0.4, -0.2) is 23.5 Å². The lowest BCUT2D eigenvalue weighted by Gasteiger charge is -2.54. The van der Waals surface area contributed by atoms with E-state index in [9.17, 15) is 0 Å². The van der Waals surface area contributed by atoms with E-state index in [0.29, 0.717) is 0 Å². The van der Waals surface area contributed by atoms with Crippen molar-refractivity contribution in [1.29, 1.82) is 0 Å². The highest BCUT2D eigenvalue weighted by Gasteiger charge is 2.68. The Morgan fingerprint density at radius 1 is 0.833 bits per heavy atom. The molecule has 0 N–H and O–H groups in total. The second-order valence-corrected chi connectivity index (χ2v) is 5.37. The van der Waals surface area contributed by atoms with Crippen molar-refractivity contribution in [2.45, 2.75) is 37.6 Å². The Kier molecular flexibility index (Phi) is 0.934. The molecule has 0 bridgehead atoms. The van der Waals surface area contributed by atoms with E-state index in [-0.39, 0.29) is 0 Å². The van der Waals surface area contributed by atoms with Crippen molar-refractivity contribution in [3.63, 3.8) is 0 Å². The second-order valence-electron chi connectivity index (χ2n) is 5.37. The Hall–Kier alpha value is -0.0400.